The fourth-order valence-corrected chi connectivity index (χ4v) is 2.60. The molecule has 0 unspecified atom stereocenters. The van der Waals surface area contributed by atoms with E-state index in [1.54, 1.807) is 6.07 Å². The molecular formula is C12H14BrN3O4. The van der Waals surface area contributed by atoms with Crippen LogP contribution in [0.5, 0.6) is 0 Å². The number of aromatic nitrogens is 1. The number of hydrogen-bond acceptors (Lipinski definition) is 5. The van der Waals surface area contributed by atoms with Gasteiger partial charge in [0.25, 0.3) is 0 Å². The van der Waals surface area contributed by atoms with Crippen molar-refractivity contribution < 1.29 is 19.4 Å². The second-order valence-electron chi connectivity index (χ2n) is 4.28. The predicted octanol–water partition coefficient (Wildman–Crippen LogP) is 1.43. The average Bonchev–Trinajstić information content (AvgIpc) is 2.46. The Morgan fingerprint density at radius 1 is 1.35 bits per heavy atom. The number of carbonyl (C=O) groups is 2. The molecule has 108 valence electrons. The van der Waals surface area contributed by atoms with Crippen molar-refractivity contribution in [2.45, 2.75) is 0 Å². The van der Waals surface area contributed by atoms with E-state index in [2.05, 4.69) is 25.7 Å². The number of carbonyl (C=O) groups excluding carboxylic acids is 1. The van der Waals surface area contributed by atoms with Gasteiger partial charge in [0.2, 0.25) is 0 Å². The van der Waals surface area contributed by atoms with Gasteiger partial charge < -0.3 is 19.6 Å². The van der Waals surface area contributed by atoms with Gasteiger partial charge in [-0.3, -0.25) is 0 Å². The highest BCUT2D eigenvalue weighted by atomic mass is 79.9. The number of piperazine rings is 1. The monoisotopic (exact) mass is 343 g/mol. The minimum absolute atomic E-state index is 0.368. The SMILES string of the molecule is COC(=O)c1cnc(N2CCN(C(=O)O)CC2)c(Br)c1. The van der Waals surface area contributed by atoms with Gasteiger partial charge in [0.1, 0.15) is 5.82 Å². The number of ether oxygens (including phenoxy) is 1. The van der Waals surface area contributed by atoms with Crippen LogP contribution in [0.15, 0.2) is 16.7 Å². The molecule has 20 heavy (non-hydrogen) atoms. The maximum atomic E-state index is 11.4. The number of rotatable bonds is 2. The zero-order chi connectivity index (χ0) is 14.7. The van der Waals surface area contributed by atoms with Gasteiger partial charge in [0.05, 0.1) is 17.1 Å². The molecule has 1 aromatic heterocycles. The first kappa shape index (κ1) is 14.6. The molecule has 1 N–H and O–H groups in total. The summed E-state index contributed by atoms with van der Waals surface area (Å²) in [7, 11) is 1.31. The molecule has 1 aliphatic rings. The van der Waals surface area contributed by atoms with Crippen LogP contribution in [-0.4, -0.2) is 60.3 Å². The summed E-state index contributed by atoms with van der Waals surface area (Å²) >= 11 is 3.38. The Labute approximate surface area is 124 Å². The van der Waals surface area contributed by atoms with Crippen LogP contribution >= 0.6 is 15.9 Å². The van der Waals surface area contributed by atoms with Crippen LogP contribution in [0.3, 0.4) is 0 Å². The van der Waals surface area contributed by atoms with Crippen molar-refractivity contribution >= 4 is 33.8 Å². The number of hydrogen-bond donors (Lipinski definition) is 1. The van der Waals surface area contributed by atoms with Crippen LogP contribution in [0.1, 0.15) is 10.4 Å². The molecule has 0 atom stereocenters. The van der Waals surface area contributed by atoms with Gasteiger partial charge in [-0.25, -0.2) is 14.6 Å². The molecule has 0 bridgehead atoms. The van der Waals surface area contributed by atoms with Crippen molar-refractivity contribution in [2.75, 3.05) is 38.2 Å². The fraction of sp³-hybridized carbons (Fsp3) is 0.417. The van der Waals surface area contributed by atoms with Crippen LogP contribution in [0.25, 0.3) is 0 Å². The van der Waals surface area contributed by atoms with Crippen molar-refractivity contribution in [3.8, 4) is 0 Å². The van der Waals surface area contributed by atoms with E-state index in [9.17, 15) is 9.59 Å². The lowest BCUT2D eigenvalue weighted by atomic mass is 10.2. The van der Waals surface area contributed by atoms with Crippen LogP contribution in [-0.2, 0) is 4.74 Å². The average molecular weight is 344 g/mol. The topological polar surface area (TPSA) is 83.0 Å². The molecular weight excluding hydrogens is 330 g/mol. The Hall–Kier alpha value is -1.83. The Morgan fingerprint density at radius 2 is 2.00 bits per heavy atom. The Balaban J connectivity index is 2.11. The minimum Gasteiger partial charge on any atom is -0.465 e. The first-order valence-electron chi connectivity index (χ1n) is 5.99. The molecule has 8 heteroatoms. The molecule has 1 fully saturated rings. The van der Waals surface area contributed by atoms with E-state index < -0.39 is 12.1 Å². The number of nitrogens with zero attached hydrogens (tertiary/aromatic N) is 3. The van der Waals surface area contributed by atoms with E-state index in [1.807, 2.05) is 4.90 Å². The van der Waals surface area contributed by atoms with Crippen molar-refractivity contribution in [2.24, 2.45) is 0 Å². The summed E-state index contributed by atoms with van der Waals surface area (Å²) in [6, 6.07) is 1.65. The van der Waals surface area contributed by atoms with E-state index in [0.29, 0.717) is 42.0 Å². The fourth-order valence-electron chi connectivity index (χ4n) is 2.00. The molecule has 0 aromatic carbocycles. The lowest BCUT2D eigenvalue weighted by Gasteiger charge is -2.34. The summed E-state index contributed by atoms with van der Waals surface area (Å²) in [5.41, 5.74) is 0.368. The molecule has 7 nitrogen and oxygen atoms in total. The molecule has 2 rings (SSSR count). The zero-order valence-electron chi connectivity index (χ0n) is 10.9. The van der Waals surface area contributed by atoms with E-state index in [1.165, 1.54) is 18.2 Å². The van der Waals surface area contributed by atoms with Crippen molar-refractivity contribution in [1.82, 2.24) is 9.88 Å². The van der Waals surface area contributed by atoms with Gasteiger partial charge in [0.15, 0.2) is 0 Å². The van der Waals surface area contributed by atoms with Crippen molar-refractivity contribution in [1.29, 1.82) is 0 Å². The minimum atomic E-state index is -0.905. The maximum absolute atomic E-state index is 11.4. The molecule has 2 heterocycles. The summed E-state index contributed by atoms with van der Waals surface area (Å²) in [6.07, 6.45) is 0.549. The highest BCUT2D eigenvalue weighted by molar-refractivity contribution is 9.10. The molecule has 1 saturated heterocycles. The molecule has 0 aliphatic carbocycles. The second-order valence-corrected chi connectivity index (χ2v) is 5.13. The van der Waals surface area contributed by atoms with Gasteiger partial charge in [-0.15, -0.1) is 0 Å². The number of amides is 1. The lowest BCUT2D eigenvalue weighted by molar-refractivity contribution is 0.0600. The number of pyridine rings is 1. The molecule has 0 radical (unpaired) electrons. The normalized spacial score (nSPS) is 15.1. The van der Waals surface area contributed by atoms with E-state index in [0.717, 1.165) is 0 Å². The Bertz CT molecular complexity index is 529. The van der Waals surface area contributed by atoms with Crippen LogP contribution < -0.4 is 4.90 Å². The van der Waals surface area contributed by atoms with Gasteiger partial charge in [0, 0.05) is 32.4 Å². The van der Waals surface area contributed by atoms with Gasteiger partial charge in [-0.1, -0.05) is 0 Å². The van der Waals surface area contributed by atoms with E-state index >= 15 is 0 Å². The first-order chi connectivity index (χ1) is 9.52. The third kappa shape index (κ3) is 3.01. The maximum Gasteiger partial charge on any atom is 0.407 e. The van der Waals surface area contributed by atoms with Crippen molar-refractivity contribution in [3.63, 3.8) is 0 Å². The number of carboxylic acid groups (broad SMARTS) is 1. The van der Waals surface area contributed by atoms with Crippen LogP contribution in [0.4, 0.5) is 10.6 Å². The summed E-state index contributed by atoms with van der Waals surface area (Å²) in [5, 5.41) is 8.91. The third-order valence-corrected chi connectivity index (χ3v) is 3.68. The number of anilines is 1. The highest BCUT2D eigenvalue weighted by Crippen LogP contribution is 2.25. The van der Waals surface area contributed by atoms with E-state index in [-0.39, 0.29) is 0 Å². The standard InChI is InChI=1S/C12H14BrN3O4/c1-20-11(17)8-6-9(13)10(14-7-8)15-2-4-16(5-3-15)12(18)19/h6-7H,2-5H2,1H3,(H,18,19). The van der Waals surface area contributed by atoms with Crippen molar-refractivity contribution in [3.05, 3.63) is 22.3 Å². The molecule has 1 aromatic rings. The summed E-state index contributed by atoms with van der Waals surface area (Å²) in [4.78, 5) is 29.8. The third-order valence-electron chi connectivity index (χ3n) is 3.09. The van der Waals surface area contributed by atoms with Gasteiger partial charge in [-0.05, 0) is 22.0 Å². The number of methoxy groups -OCH3 is 1. The molecule has 0 saturated carbocycles. The van der Waals surface area contributed by atoms with Gasteiger partial charge >= 0.3 is 12.1 Å². The van der Waals surface area contributed by atoms with Gasteiger partial charge in [-0.2, -0.15) is 0 Å². The smallest absolute Gasteiger partial charge is 0.407 e. The summed E-state index contributed by atoms with van der Waals surface area (Å²) in [5.74, 6) is 0.253. The number of halogens is 1. The highest BCUT2D eigenvalue weighted by Gasteiger charge is 2.23. The largest absolute Gasteiger partial charge is 0.465 e. The summed E-state index contributed by atoms with van der Waals surface area (Å²) < 4.78 is 5.32. The predicted molar refractivity (Wildman–Crippen MR) is 75.1 cm³/mol. The number of esters is 1. The lowest BCUT2D eigenvalue weighted by Crippen LogP contribution is -2.48. The first-order valence-corrected chi connectivity index (χ1v) is 6.79. The van der Waals surface area contributed by atoms with Crippen LogP contribution in [0, 0.1) is 0 Å². The Kier molecular flexibility index (Phi) is 4.43. The zero-order valence-corrected chi connectivity index (χ0v) is 12.5. The van der Waals surface area contributed by atoms with Crippen LogP contribution in [0.2, 0.25) is 0 Å². The molecule has 1 aliphatic heterocycles. The molecule has 0 spiro atoms. The quantitative estimate of drug-likeness (QED) is 0.818. The summed E-state index contributed by atoms with van der Waals surface area (Å²) in [6.45, 7) is 2.00. The Morgan fingerprint density at radius 3 is 2.50 bits per heavy atom. The second kappa shape index (κ2) is 6.08. The van der Waals surface area contributed by atoms with E-state index in [4.69, 9.17) is 5.11 Å². The molecule has 1 amide bonds.